The van der Waals surface area contributed by atoms with Gasteiger partial charge in [0.25, 0.3) is 0 Å². The van der Waals surface area contributed by atoms with E-state index in [1.807, 2.05) is 0 Å². The first-order valence-electron chi connectivity index (χ1n) is 12.8. The van der Waals surface area contributed by atoms with Crippen molar-refractivity contribution < 1.29 is 0 Å². The van der Waals surface area contributed by atoms with Crippen LogP contribution in [0.3, 0.4) is 0 Å². The minimum Gasteiger partial charge on any atom is -0.310 e. The SMILES string of the molecule is c1ccc(N(c2ccccc2)c2cccc3cc4c(cc23)-c2cccc3cc5ccccc5c-4c23)cc1. The first kappa shape index (κ1) is 20.3. The number of fused-ring (bicyclic) bond motifs is 6. The van der Waals surface area contributed by atoms with Gasteiger partial charge >= 0.3 is 0 Å². The van der Waals surface area contributed by atoms with Gasteiger partial charge in [-0.15, -0.1) is 0 Å². The average Bonchev–Trinajstić information content (AvgIpc) is 3.28. The Morgan fingerprint density at radius 2 is 1.00 bits per heavy atom. The lowest BCUT2D eigenvalue weighted by molar-refractivity contribution is 1.30. The third-order valence-corrected chi connectivity index (χ3v) is 7.71. The molecule has 8 rings (SSSR count). The molecule has 1 nitrogen and oxygen atoms in total. The van der Waals surface area contributed by atoms with Crippen LogP contribution in [-0.4, -0.2) is 0 Å². The second kappa shape index (κ2) is 7.81. The van der Waals surface area contributed by atoms with Crippen LogP contribution in [-0.2, 0) is 0 Å². The Morgan fingerprint density at radius 3 is 1.78 bits per heavy atom. The summed E-state index contributed by atoms with van der Waals surface area (Å²) in [5, 5.41) is 7.80. The number of rotatable bonds is 3. The highest BCUT2D eigenvalue weighted by Crippen LogP contribution is 2.52. The van der Waals surface area contributed by atoms with Gasteiger partial charge in [0.15, 0.2) is 0 Å². The smallest absolute Gasteiger partial charge is 0.0540 e. The molecular formula is C36H23N. The van der Waals surface area contributed by atoms with Crippen molar-refractivity contribution in [2.24, 2.45) is 0 Å². The fourth-order valence-electron chi connectivity index (χ4n) is 6.14. The molecule has 0 unspecified atom stereocenters. The normalized spacial score (nSPS) is 11.8. The Kier molecular flexibility index (Phi) is 4.29. The molecule has 0 N–H and O–H groups in total. The van der Waals surface area contributed by atoms with Gasteiger partial charge in [-0.2, -0.15) is 0 Å². The molecule has 0 radical (unpaired) electrons. The van der Waals surface area contributed by atoms with Crippen LogP contribution in [0.4, 0.5) is 17.1 Å². The van der Waals surface area contributed by atoms with Crippen molar-refractivity contribution >= 4 is 49.4 Å². The fourth-order valence-corrected chi connectivity index (χ4v) is 6.14. The predicted molar refractivity (Wildman–Crippen MR) is 158 cm³/mol. The quantitative estimate of drug-likeness (QED) is 0.233. The van der Waals surface area contributed by atoms with Crippen molar-refractivity contribution in [3.63, 3.8) is 0 Å². The highest BCUT2D eigenvalue weighted by Gasteiger charge is 2.25. The summed E-state index contributed by atoms with van der Waals surface area (Å²) in [4.78, 5) is 2.37. The van der Waals surface area contributed by atoms with E-state index >= 15 is 0 Å². The van der Waals surface area contributed by atoms with Crippen molar-refractivity contribution in [1.29, 1.82) is 0 Å². The van der Waals surface area contributed by atoms with Crippen LogP contribution in [0.15, 0.2) is 140 Å². The topological polar surface area (TPSA) is 3.24 Å². The van der Waals surface area contributed by atoms with Gasteiger partial charge in [0.2, 0.25) is 0 Å². The zero-order valence-corrected chi connectivity index (χ0v) is 20.2. The Hall–Kier alpha value is -4.88. The Labute approximate surface area is 215 Å². The first-order valence-corrected chi connectivity index (χ1v) is 12.8. The molecule has 0 aliphatic heterocycles. The molecular weight excluding hydrogens is 446 g/mol. The summed E-state index contributed by atoms with van der Waals surface area (Å²) in [6.45, 7) is 0. The molecule has 0 bridgehead atoms. The number of hydrogen-bond acceptors (Lipinski definition) is 1. The maximum absolute atomic E-state index is 2.42. The summed E-state index contributed by atoms with van der Waals surface area (Å²) in [6.07, 6.45) is 0. The molecule has 0 saturated carbocycles. The summed E-state index contributed by atoms with van der Waals surface area (Å²) in [7, 11) is 0. The largest absolute Gasteiger partial charge is 0.310 e. The Morgan fingerprint density at radius 1 is 0.378 bits per heavy atom. The molecule has 1 aliphatic rings. The summed E-state index contributed by atoms with van der Waals surface area (Å²) >= 11 is 0. The average molecular weight is 470 g/mol. The predicted octanol–water partition coefficient (Wildman–Crippen LogP) is 10.3. The molecule has 0 aromatic heterocycles. The molecule has 1 aliphatic carbocycles. The molecule has 0 saturated heterocycles. The summed E-state index contributed by atoms with van der Waals surface area (Å²) < 4.78 is 0. The summed E-state index contributed by atoms with van der Waals surface area (Å²) in [5.41, 5.74) is 8.84. The fraction of sp³-hybridized carbons (Fsp3) is 0. The van der Waals surface area contributed by atoms with Crippen molar-refractivity contribution in [2.75, 3.05) is 4.90 Å². The molecule has 1 heteroatoms. The zero-order valence-electron chi connectivity index (χ0n) is 20.2. The van der Waals surface area contributed by atoms with Crippen LogP contribution in [0.1, 0.15) is 0 Å². The molecule has 0 spiro atoms. The van der Waals surface area contributed by atoms with Crippen LogP contribution in [0.5, 0.6) is 0 Å². The molecule has 0 fully saturated rings. The van der Waals surface area contributed by atoms with E-state index in [-0.39, 0.29) is 0 Å². The molecule has 0 atom stereocenters. The maximum atomic E-state index is 2.42. The lowest BCUT2D eigenvalue weighted by atomic mass is 9.94. The van der Waals surface area contributed by atoms with Crippen LogP contribution < -0.4 is 4.90 Å². The van der Waals surface area contributed by atoms with E-state index in [9.17, 15) is 0 Å². The summed E-state index contributed by atoms with van der Waals surface area (Å²) in [6, 6.07) is 50.7. The van der Waals surface area contributed by atoms with E-state index in [1.165, 1.54) is 60.3 Å². The number of para-hydroxylation sites is 2. The molecule has 37 heavy (non-hydrogen) atoms. The molecule has 172 valence electrons. The van der Waals surface area contributed by atoms with Crippen LogP contribution in [0.2, 0.25) is 0 Å². The molecule has 7 aromatic carbocycles. The third-order valence-electron chi connectivity index (χ3n) is 7.71. The van der Waals surface area contributed by atoms with E-state index in [0.717, 1.165) is 11.4 Å². The lowest BCUT2D eigenvalue weighted by Crippen LogP contribution is -2.10. The zero-order chi connectivity index (χ0) is 24.3. The van der Waals surface area contributed by atoms with Crippen LogP contribution >= 0.6 is 0 Å². The minimum atomic E-state index is 1.15. The minimum absolute atomic E-state index is 1.15. The van der Waals surface area contributed by atoms with E-state index < -0.39 is 0 Å². The number of nitrogens with zero attached hydrogens (tertiary/aromatic N) is 1. The standard InChI is InChI=1S/C36H23N/c1-3-14-27(15-4-1)37(28-16-5-2-6-17-28)34-20-10-12-25-22-33-32(23-31(25)34)30-19-9-13-26-21-24-11-7-8-18-29(24)36(33)35(26)30/h1-23H. The van der Waals surface area contributed by atoms with Crippen molar-refractivity contribution in [2.45, 2.75) is 0 Å². The van der Waals surface area contributed by atoms with E-state index in [1.54, 1.807) is 0 Å². The Bertz CT molecular complexity index is 1930. The molecule has 0 amide bonds. The van der Waals surface area contributed by atoms with Gasteiger partial charge in [-0.1, -0.05) is 91.0 Å². The highest BCUT2D eigenvalue weighted by molar-refractivity contribution is 6.25. The van der Waals surface area contributed by atoms with Gasteiger partial charge < -0.3 is 4.90 Å². The highest BCUT2D eigenvalue weighted by atomic mass is 15.1. The van der Waals surface area contributed by atoms with Crippen molar-refractivity contribution in [3.8, 4) is 22.3 Å². The van der Waals surface area contributed by atoms with E-state index in [4.69, 9.17) is 0 Å². The lowest BCUT2D eigenvalue weighted by Gasteiger charge is -2.27. The van der Waals surface area contributed by atoms with Crippen LogP contribution in [0.25, 0.3) is 54.6 Å². The number of benzene rings is 7. The van der Waals surface area contributed by atoms with E-state index in [2.05, 4.69) is 144 Å². The van der Waals surface area contributed by atoms with Gasteiger partial charge in [0.1, 0.15) is 0 Å². The van der Waals surface area contributed by atoms with Gasteiger partial charge in [-0.3, -0.25) is 0 Å². The summed E-state index contributed by atoms with van der Waals surface area (Å²) in [5.74, 6) is 0. The second-order valence-electron chi connectivity index (χ2n) is 9.78. The van der Waals surface area contributed by atoms with Crippen molar-refractivity contribution in [1.82, 2.24) is 0 Å². The molecule has 0 heterocycles. The van der Waals surface area contributed by atoms with E-state index in [0.29, 0.717) is 0 Å². The maximum Gasteiger partial charge on any atom is 0.0540 e. The Balaban J connectivity index is 1.45. The van der Waals surface area contributed by atoms with Gasteiger partial charge in [-0.25, -0.2) is 0 Å². The number of anilines is 3. The third kappa shape index (κ3) is 2.98. The first-order chi connectivity index (χ1) is 18.4. The van der Waals surface area contributed by atoms with Gasteiger partial charge in [0, 0.05) is 16.8 Å². The molecule has 7 aromatic rings. The van der Waals surface area contributed by atoms with Crippen molar-refractivity contribution in [3.05, 3.63) is 140 Å². The van der Waals surface area contributed by atoms with Crippen LogP contribution in [0, 0.1) is 0 Å². The van der Waals surface area contributed by atoms with Gasteiger partial charge in [0.05, 0.1) is 5.69 Å². The monoisotopic (exact) mass is 469 g/mol. The van der Waals surface area contributed by atoms with Gasteiger partial charge in [-0.05, 0) is 97.7 Å². The number of hydrogen-bond donors (Lipinski definition) is 0. The second-order valence-corrected chi connectivity index (χ2v) is 9.78.